The predicted molar refractivity (Wildman–Crippen MR) is 43.0 cm³/mol. The molecule has 0 spiro atoms. The molecule has 1 saturated carbocycles. The molecule has 2 aliphatic heterocycles. The van der Waals surface area contributed by atoms with Gasteiger partial charge < -0.3 is 4.90 Å². The summed E-state index contributed by atoms with van der Waals surface area (Å²) in [4.78, 5) is 13.0. The quantitative estimate of drug-likeness (QED) is 0.510. The molecule has 3 rings (SSSR count). The van der Waals surface area contributed by atoms with E-state index in [1.54, 1.807) is 6.92 Å². The Bertz CT molecular complexity index is 178. The van der Waals surface area contributed by atoms with Crippen LogP contribution >= 0.6 is 0 Å². The summed E-state index contributed by atoms with van der Waals surface area (Å²) in [5, 5.41) is 0. The summed E-state index contributed by atoms with van der Waals surface area (Å²) in [5.74, 6) is 2.77. The Morgan fingerprint density at radius 3 is 2.27 bits per heavy atom. The van der Waals surface area contributed by atoms with Gasteiger partial charge >= 0.3 is 0 Å². The minimum absolute atomic E-state index is 0.256. The summed E-state index contributed by atoms with van der Waals surface area (Å²) in [6.07, 6.45) is 1.37. The number of rotatable bonds is 0. The van der Waals surface area contributed by atoms with Crippen molar-refractivity contribution in [3.05, 3.63) is 0 Å². The molecule has 3 fully saturated rings. The molecule has 1 amide bonds. The van der Waals surface area contributed by atoms with Crippen molar-refractivity contribution in [2.75, 3.05) is 13.1 Å². The van der Waals surface area contributed by atoms with Crippen LogP contribution in [0.25, 0.3) is 0 Å². The van der Waals surface area contributed by atoms with Crippen LogP contribution in [0.4, 0.5) is 0 Å². The lowest BCUT2D eigenvalue weighted by Gasteiger charge is -2.52. The fourth-order valence-corrected chi connectivity index (χ4v) is 2.39. The second kappa shape index (κ2) is 2.23. The van der Waals surface area contributed by atoms with Gasteiger partial charge in [-0.1, -0.05) is 6.92 Å². The number of piperidine rings is 2. The van der Waals surface area contributed by atoms with Crippen LogP contribution in [-0.2, 0) is 4.79 Å². The summed E-state index contributed by atoms with van der Waals surface area (Å²) in [5.41, 5.74) is 0. The molecule has 2 bridgehead atoms. The van der Waals surface area contributed by atoms with Crippen LogP contribution in [0.5, 0.6) is 0 Å². The monoisotopic (exact) mass is 153 g/mol. The topological polar surface area (TPSA) is 20.3 Å². The van der Waals surface area contributed by atoms with Crippen molar-refractivity contribution in [3.8, 4) is 0 Å². The van der Waals surface area contributed by atoms with Crippen molar-refractivity contribution in [2.45, 2.75) is 20.3 Å². The van der Waals surface area contributed by atoms with Crippen LogP contribution in [-0.4, -0.2) is 23.9 Å². The van der Waals surface area contributed by atoms with E-state index in [2.05, 4.69) is 6.92 Å². The first kappa shape index (κ1) is 7.14. The summed E-state index contributed by atoms with van der Waals surface area (Å²) in [6.45, 7) is 6.03. The van der Waals surface area contributed by atoms with Crippen molar-refractivity contribution < 1.29 is 4.79 Å². The fourth-order valence-electron chi connectivity index (χ4n) is 2.39. The average molecular weight is 153 g/mol. The molecular weight excluding hydrogens is 138 g/mol. The lowest BCUT2D eigenvalue weighted by Crippen LogP contribution is -2.55. The van der Waals surface area contributed by atoms with Crippen LogP contribution in [0, 0.1) is 17.8 Å². The summed E-state index contributed by atoms with van der Waals surface area (Å²) < 4.78 is 0. The Kier molecular flexibility index (Phi) is 1.44. The van der Waals surface area contributed by atoms with Gasteiger partial charge in [-0.3, -0.25) is 4.79 Å². The van der Waals surface area contributed by atoms with E-state index in [0.717, 1.165) is 30.8 Å². The van der Waals surface area contributed by atoms with Gasteiger partial charge in [-0.05, 0) is 24.2 Å². The minimum Gasteiger partial charge on any atom is -0.342 e. The number of amides is 1. The Morgan fingerprint density at radius 1 is 1.36 bits per heavy atom. The summed E-state index contributed by atoms with van der Waals surface area (Å²) in [7, 11) is 0. The highest BCUT2D eigenvalue weighted by Gasteiger charge is 2.44. The van der Waals surface area contributed by atoms with E-state index in [0.29, 0.717) is 0 Å². The molecule has 2 heteroatoms. The molecule has 2 nitrogen and oxygen atoms in total. The van der Waals surface area contributed by atoms with Gasteiger partial charge in [-0.2, -0.15) is 0 Å². The zero-order chi connectivity index (χ0) is 8.01. The van der Waals surface area contributed by atoms with E-state index in [4.69, 9.17) is 0 Å². The molecule has 11 heavy (non-hydrogen) atoms. The first-order chi connectivity index (χ1) is 5.18. The predicted octanol–water partition coefficient (Wildman–Crippen LogP) is 1.12. The number of nitrogens with zero attached hydrogens (tertiary/aromatic N) is 1. The molecule has 1 aliphatic carbocycles. The van der Waals surface area contributed by atoms with Gasteiger partial charge in [0.15, 0.2) is 0 Å². The normalized spacial score (nSPS) is 41.6. The molecule has 2 atom stereocenters. The third-order valence-electron chi connectivity index (χ3n) is 3.45. The Balaban J connectivity index is 1.99. The van der Waals surface area contributed by atoms with Gasteiger partial charge in [0.2, 0.25) is 5.91 Å². The first-order valence-electron chi connectivity index (χ1n) is 4.44. The molecule has 0 N–H and O–H groups in total. The zero-order valence-electron chi connectivity index (χ0n) is 7.21. The van der Waals surface area contributed by atoms with Crippen molar-refractivity contribution in [2.24, 2.45) is 17.8 Å². The maximum atomic E-state index is 11.0. The largest absolute Gasteiger partial charge is 0.342 e. The third kappa shape index (κ3) is 0.959. The van der Waals surface area contributed by atoms with Crippen LogP contribution in [0.15, 0.2) is 0 Å². The van der Waals surface area contributed by atoms with Crippen molar-refractivity contribution in [3.63, 3.8) is 0 Å². The Morgan fingerprint density at radius 2 is 1.91 bits per heavy atom. The number of fused-ring (bicyclic) bond motifs is 2. The Labute approximate surface area is 67.6 Å². The standard InChI is InChI=1S/C9H15NO/c1-6-8-3-9(6)5-10(4-8)7(2)11/h6,8-9H,3-5H2,1-2H3. The van der Waals surface area contributed by atoms with E-state index in [9.17, 15) is 4.79 Å². The lowest BCUT2D eigenvalue weighted by atomic mass is 9.62. The molecule has 2 saturated heterocycles. The highest BCUT2D eigenvalue weighted by atomic mass is 16.2. The molecular formula is C9H15NO. The summed E-state index contributed by atoms with van der Waals surface area (Å²) >= 11 is 0. The second-order valence-corrected chi connectivity index (χ2v) is 4.04. The van der Waals surface area contributed by atoms with Crippen molar-refractivity contribution in [1.82, 2.24) is 4.90 Å². The fraction of sp³-hybridized carbons (Fsp3) is 0.889. The number of carbonyl (C=O) groups is 1. The first-order valence-corrected chi connectivity index (χ1v) is 4.44. The van der Waals surface area contributed by atoms with Gasteiger partial charge in [0, 0.05) is 20.0 Å². The van der Waals surface area contributed by atoms with Crippen molar-refractivity contribution in [1.29, 1.82) is 0 Å². The molecule has 3 aliphatic rings. The van der Waals surface area contributed by atoms with Crippen molar-refractivity contribution >= 4 is 5.91 Å². The molecule has 2 heterocycles. The minimum atomic E-state index is 0.256. The van der Waals surface area contributed by atoms with E-state index in [-0.39, 0.29) is 5.91 Å². The smallest absolute Gasteiger partial charge is 0.219 e. The van der Waals surface area contributed by atoms with Crippen LogP contribution < -0.4 is 0 Å². The van der Waals surface area contributed by atoms with Gasteiger partial charge in [0.1, 0.15) is 0 Å². The van der Waals surface area contributed by atoms with E-state index < -0.39 is 0 Å². The molecule has 0 aromatic rings. The second-order valence-electron chi connectivity index (χ2n) is 4.04. The van der Waals surface area contributed by atoms with Gasteiger partial charge in [0.05, 0.1) is 0 Å². The SMILES string of the molecule is CC(=O)N1CC2CC(C1)C2C. The molecule has 62 valence electrons. The third-order valence-corrected chi connectivity index (χ3v) is 3.45. The summed E-state index contributed by atoms with van der Waals surface area (Å²) in [6, 6.07) is 0. The number of hydrogen-bond acceptors (Lipinski definition) is 1. The maximum absolute atomic E-state index is 11.0. The highest BCUT2D eigenvalue weighted by Crippen LogP contribution is 2.44. The van der Waals surface area contributed by atoms with Gasteiger partial charge in [-0.25, -0.2) is 0 Å². The van der Waals surface area contributed by atoms with Crippen LogP contribution in [0.1, 0.15) is 20.3 Å². The molecule has 2 unspecified atom stereocenters. The van der Waals surface area contributed by atoms with E-state index in [1.165, 1.54) is 6.42 Å². The number of hydrogen-bond donors (Lipinski definition) is 0. The zero-order valence-corrected chi connectivity index (χ0v) is 7.21. The van der Waals surface area contributed by atoms with E-state index in [1.807, 2.05) is 4.90 Å². The van der Waals surface area contributed by atoms with Gasteiger partial charge in [-0.15, -0.1) is 0 Å². The van der Waals surface area contributed by atoms with Crippen LogP contribution in [0.3, 0.4) is 0 Å². The Hall–Kier alpha value is -0.530. The van der Waals surface area contributed by atoms with Gasteiger partial charge in [0.25, 0.3) is 0 Å². The molecule has 0 aromatic heterocycles. The lowest BCUT2D eigenvalue weighted by molar-refractivity contribution is -0.138. The van der Waals surface area contributed by atoms with Crippen LogP contribution in [0.2, 0.25) is 0 Å². The molecule has 0 radical (unpaired) electrons. The van der Waals surface area contributed by atoms with E-state index >= 15 is 0 Å². The highest BCUT2D eigenvalue weighted by molar-refractivity contribution is 5.73. The average Bonchev–Trinajstić information content (AvgIpc) is 2.03. The number of carbonyl (C=O) groups excluding carboxylic acids is 1. The maximum Gasteiger partial charge on any atom is 0.219 e. The molecule has 0 aromatic carbocycles.